The molecule has 0 aromatic rings. The van der Waals surface area contributed by atoms with E-state index in [0.717, 1.165) is 0 Å². The van der Waals surface area contributed by atoms with Gasteiger partial charge in [0.05, 0.1) is 11.4 Å². The number of hydrogen-bond acceptors (Lipinski definition) is 4. The fourth-order valence-corrected chi connectivity index (χ4v) is 1.12. The molecule has 0 fully saturated rings. The fraction of sp³-hybridized carbons (Fsp3) is 1.00. The summed E-state index contributed by atoms with van der Waals surface area (Å²) < 4.78 is 26.4. The van der Waals surface area contributed by atoms with Gasteiger partial charge in [0.1, 0.15) is 0 Å². The van der Waals surface area contributed by atoms with Gasteiger partial charge in [0.2, 0.25) is 0 Å². The second kappa shape index (κ2) is 4.20. The minimum absolute atomic E-state index is 0.177. The van der Waals surface area contributed by atoms with E-state index in [9.17, 15) is 8.42 Å². The molecule has 4 nitrogen and oxygen atoms in total. The zero-order chi connectivity index (χ0) is 9.83. The lowest BCUT2D eigenvalue weighted by Gasteiger charge is -2.18. The minimum atomic E-state index is -3.43. The molecule has 0 spiro atoms. The molecule has 0 aliphatic heterocycles. The first kappa shape index (κ1) is 11.9. The molecule has 0 atom stereocenters. The van der Waals surface area contributed by atoms with Crippen LogP contribution in [-0.4, -0.2) is 26.3 Å². The van der Waals surface area contributed by atoms with Crippen molar-refractivity contribution in [2.75, 3.05) is 13.2 Å². The Morgan fingerprint density at radius 2 is 1.83 bits per heavy atom. The zero-order valence-corrected chi connectivity index (χ0v) is 8.65. The average Bonchev–Trinajstić information content (AvgIpc) is 1.85. The molecular formula is C7H17NO3S. The third-order valence-electron chi connectivity index (χ3n) is 1.34. The zero-order valence-electron chi connectivity index (χ0n) is 7.83. The predicted molar refractivity (Wildman–Crippen MR) is 48.3 cm³/mol. The van der Waals surface area contributed by atoms with Crippen molar-refractivity contribution in [3.8, 4) is 0 Å². The van der Waals surface area contributed by atoms with Crippen molar-refractivity contribution < 1.29 is 12.6 Å². The molecule has 0 bridgehead atoms. The third kappa shape index (κ3) is 3.51. The maximum Gasteiger partial charge on any atom is 0.272 e. The second-order valence-corrected chi connectivity index (χ2v) is 5.90. The van der Waals surface area contributed by atoms with Crippen molar-refractivity contribution >= 4 is 10.1 Å². The van der Waals surface area contributed by atoms with Gasteiger partial charge in [0.15, 0.2) is 0 Å². The van der Waals surface area contributed by atoms with Crippen LogP contribution in [0.5, 0.6) is 0 Å². The van der Waals surface area contributed by atoms with E-state index >= 15 is 0 Å². The minimum Gasteiger partial charge on any atom is -0.330 e. The molecule has 5 heteroatoms. The predicted octanol–water partition coefficient (Wildman–Crippen LogP) is 0.480. The molecule has 0 aliphatic rings. The van der Waals surface area contributed by atoms with Gasteiger partial charge in [0, 0.05) is 0 Å². The Labute approximate surface area is 74.2 Å². The summed E-state index contributed by atoms with van der Waals surface area (Å²) in [6.45, 7) is 5.43. The van der Waals surface area contributed by atoms with E-state index in [-0.39, 0.29) is 6.61 Å². The van der Waals surface area contributed by atoms with Crippen LogP contribution in [0.2, 0.25) is 0 Å². The largest absolute Gasteiger partial charge is 0.330 e. The number of nitrogens with two attached hydrogens (primary N) is 1. The summed E-state index contributed by atoms with van der Waals surface area (Å²) in [6, 6.07) is 0. The summed E-state index contributed by atoms with van der Waals surface area (Å²) in [5, 5.41) is 0. The first-order valence-corrected chi connectivity index (χ1v) is 5.31. The van der Waals surface area contributed by atoms with Gasteiger partial charge in [-0.05, 0) is 33.7 Å². The van der Waals surface area contributed by atoms with E-state index in [1.165, 1.54) is 0 Å². The molecule has 0 saturated carbocycles. The molecule has 0 radical (unpaired) electrons. The van der Waals surface area contributed by atoms with Crippen LogP contribution in [-0.2, 0) is 14.3 Å². The third-order valence-corrected chi connectivity index (χ3v) is 3.31. The Morgan fingerprint density at radius 1 is 1.33 bits per heavy atom. The van der Waals surface area contributed by atoms with Gasteiger partial charge in [0.25, 0.3) is 10.1 Å². The standard InChI is InChI=1S/C7H17NO3S/c1-7(2,3)12(9,10)11-6-4-5-8/h4-6,8H2,1-3H3. The normalized spacial score (nSPS) is 13.3. The van der Waals surface area contributed by atoms with E-state index in [1.807, 2.05) is 0 Å². The van der Waals surface area contributed by atoms with E-state index < -0.39 is 14.9 Å². The van der Waals surface area contributed by atoms with Gasteiger partial charge in [-0.15, -0.1) is 0 Å². The first-order chi connectivity index (χ1) is 5.31. The Morgan fingerprint density at radius 3 is 2.17 bits per heavy atom. The average molecular weight is 195 g/mol. The maximum absolute atomic E-state index is 11.3. The topological polar surface area (TPSA) is 69.4 Å². The van der Waals surface area contributed by atoms with Crippen LogP contribution in [0, 0.1) is 0 Å². The first-order valence-electron chi connectivity index (χ1n) is 3.90. The van der Waals surface area contributed by atoms with Crippen molar-refractivity contribution in [2.45, 2.75) is 31.9 Å². The van der Waals surface area contributed by atoms with Crippen LogP contribution in [0.4, 0.5) is 0 Å². The monoisotopic (exact) mass is 195 g/mol. The maximum atomic E-state index is 11.3. The van der Waals surface area contributed by atoms with Crippen LogP contribution >= 0.6 is 0 Å². The van der Waals surface area contributed by atoms with Crippen LogP contribution in [0.25, 0.3) is 0 Å². The van der Waals surface area contributed by atoms with Crippen LogP contribution in [0.1, 0.15) is 27.2 Å². The summed E-state index contributed by atoms with van der Waals surface area (Å²) in [5.41, 5.74) is 5.19. The molecule has 0 rings (SSSR count). The molecule has 0 saturated heterocycles. The molecule has 2 N–H and O–H groups in total. The van der Waals surface area contributed by atoms with Crippen molar-refractivity contribution in [1.82, 2.24) is 0 Å². The second-order valence-electron chi connectivity index (χ2n) is 3.53. The van der Waals surface area contributed by atoms with Crippen molar-refractivity contribution in [2.24, 2.45) is 5.73 Å². The molecule has 12 heavy (non-hydrogen) atoms. The van der Waals surface area contributed by atoms with E-state index in [0.29, 0.717) is 13.0 Å². The smallest absolute Gasteiger partial charge is 0.272 e. The SMILES string of the molecule is CC(C)(C)S(=O)(=O)OCCCN. The fourth-order valence-electron chi connectivity index (χ4n) is 0.429. The van der Waals surface area contributed by atoms with Crippen molar-refractivity contribution in [3.63, 3.8) is 0 Å². The lowest BCUT2D eigenvalue weighted by atomic mass is 10.3. The van der Waals surface area contributed by atoms with Gasteiger partial charge in [-0.3, -0.25) is 4.18 Å². The molecule has 0 heterocycles. The van der Waals surface area contributed by atoms with E-state index in [4.69, 9.17) is 9.92 Å². The lowest BCUT2D eigenvalue weighted by Crippen LogP contribution is -2.30. The molecule has 0 aliphatic carbocycles. The highest BCUT2D eigenvalue weighted by atomic mass is 32.2. The molecule has 0 unspecified atom stereocenters. The van der Waals surface area contributed by atoms with Crippen molar-refractivity contribution in [3.05, 3.63) is 0 Å². The molecule has 0 amide bonds. The highest BCUT2D eigenvalue weighted by Crippen LogP contribution is 2.16. The summed E-state index contributed by atoms with van der Waals surface area (Å²) in [6.07, 6.45) is 0.565. The van der Waals surface area contributed by atoms with Gasteiger partial charge in [-0.2, -0.15) is 8.42 Å². The number of rotatable bonds is 4. The molecule has 0 aromatic carbocycles. The van der Waals surface area contributed by atoms with Crippen LogP contribution in [0.3, 0.4) is 0 Å². The summed E-state index contributed by atoms with van der Waals surface area (Å²) in [5.74, 6) is 0. The summed E-state index contributed by atoms with van der Waals surface area (Å²) >= 11 is 0. The Hall–Kier alpha value is -0.130. The van der Waals surface area contributed by atoms with Gasteiger partial charge >= 0.3 is 0 Å². The van der Waals surface area contributed by atoms with Gasteiger partial charge < -0.3 is 5.73 Å². The lowest BCUT2D eigenvalue weighted by molar-refractivity contribution is 0.301. The Bertz CT molecular complexity index is 215. The van der Waals surface area contributed by atoms with E-state index in [2.05, 4.69) is 0 Å². The highest BCUT2D eigenvalue weighted by Gasteiger charge is 2.29. The van der Waals surface area contributed by atoms with E-state index in [1.54, 1.807) is 20.8 Å². The highest BCUT2D eigenvalue weighted by molar-refractivity contribution is 7.88. The molecule has 0 aromatic heterocycles. The van der Waals surface area contributed by atoms with Gasteiger partial charge in [-0.1, -0.05) is 0 Å². The molecule has 74 valence electrons. The van der Waals surface area contributed by atoms with Crippen molar-refractivity contribution in [1.29, 1.82) is 0 Å². The van der Waals surface area contributed by atoms with Gasteiger partial charge in [-0.25, -0.2) is 0 Å². The number of hydrogen-bond donors (Lipinski definition) is 1. The Balaban J connectivity index is 4.08. The van der Waals surface area contributed by atoms with Crippen LogP contribution < -0.4 is 5.73 Å². The molecular weight excluding hydrogens is 178 g/mol. The summed E-state index contributed by atoms with van der Waals surface area (Å²) in [4.78, 5) is 0. The quantitative estimate of drug-likeness (QED) is 0.523. The van der Waals surface area contributed by atoms with Crippen LogP contribution in [0.15, 0.2) is 0 Å². The summed E-state index contributed by atoms with van der Waals surface area (Å²) in [7, 11) is -3.43. The Kier molecular flexibility index (Phi) is 4.16.